The third-order valence-electron chi connectivity index (χ3n) is 1.50. The van der Waals surface area contributed by atoms with Gasteiger partial charge in [0.1, 0.15) is 0 Å². The fourth-order valence-electron chi connectivity index (χ4n) is 0.893. The molecular formula is C8H9BrClNO. The molecule has 0 amide bonds. The van der Waals surface area contributed by atoms with E-state index in [1.54, 1.807) is 0 Å². The van der Waals surface area contributed by atoms with Crippen molar-refractivity contribution in [3.63, 3.8) is 0 Å². The van der Waals surface area contributed by atoms with E-state index < -0.39 is 0 Å². The highest BCUT2D eigenvalue weighted by molar-refractivity contribution is 9.10. The summed E-state index contributed by atoms with van der Waals surface area (Å²) in [6.45, 7) is 0.514. The maximum atomic E-state index is 5.77. The van der Waals surface area contributed by atoms with Gasteiger partial charge in [-0.15, -0.1) is 0 Å². The Morgan fingerprint density at radius 3 is 2.83 bits per heavy atom. The normalized spacial score (nSPS) is 10.2. The Labute approximate surface area is 84.7 Å². The average molecular weight is 251 g/mol. The fourth-order valence-corrected chi connectivity index (χ4v) is 1.77. The molecule has 0 aliphatic carbocycles. The van der Waals surface area contributed by atoms with Crippen molar-refractivity contribution < 1.29 is 4.84 Å². The zero-order valence-electron chi connectivity index (χ0n) is 6.39. The molecule has 0 heterocycles. The van der Waals surface area contributed by atoms with Crippen molar-refractivity contribution in [2.75, 3.05) is 6.61 Å². The van der Waals surface area contributed by atoms with E-state index in [0.29, 0.717) is 6.61 Å². The van der Waals surface area contributed by atoms with Crippen molar-refractivity contribution in [1.82, 2.24) is 0 Å². The number of hydrogen-bond acceptors (Lipinski definition) is 2. The van der Waals surface area contributed by atoms with Crippen molar-refractivity contribution in [2.24, 2.45) is 5.90 Å². The molecule has 1 rings (SSSR count). The van der Waals surface area contributed by atoms with E-state index in [2.05, 4.69) is 20.8 Å². The summed E-state index contributed by atoms with van der Waals surface area (Å²) in [5, 5.41) is 0.722. The largest absolute Gasteiger partial charge is 0.304 e. The lowest BCUT2D eigenvalue weighted by Crippen LogP contribution is -2.03. The van der Waals surface area contributed by atoms with Crippen LogP contribution in [0.2, 0.25) is 5.02 Å². The van der Waals surface area contributed by atoms with Crippen molar-refractivity contribution >= 4 is 27.5 Å². The molecule has 12 heavy (non-hydrogen) atoms. The van der Waals surface area contributed by atoms with E-state index in [-0.39, 0.29) is 0 Å². The van der Waals surface area contributed by atoms with Gasteiger partial charge in [-0.1, -0.05) is 33.6 Å². The van der Waals surface area contributed by atoms with Gasteiger partial charge in [-0.25, -0.2) is 5.90 Å². The Morgan fingerprint density at radius 1 is 1.50 bits per heavy atom. The second kappa shape index (κ2) is 4.82. The molecule has 1 aromatic rings. The van der Waals surface area contributed by atoms with Gasteiger partial charge in [-0.3, -0.25) is 0 Å². The summed E-state index contributed by atoms with van der Waals surface area (Å²) < 4.78 is 0.993. The van der Waals surface area contributed by atoms with Crippen molar-refractivity contribution in [3.05, 3.63) is 33.3 Å². The van der Waals surface area contributed by atoms with Crippen LogP contribution in [0.3, 0.4) is 0 Å². The Hall–Kier alpha value is -0.0900. The second-order valence-electron chi connectivity index (χ2n) is 2.36. The predicted molar refractivity (Wildman–Crippen MR) is 53.0 cm³/mol. The van der Waals surface area contributed by atoms with Gasteiger partial charge in [0, 0.05) is 9.50 Å². The van der Waals surface area contributed by atoms with Crippen molar-refractivity contribution in [3.8, 4) is 0 Å². The Morgan fingerprint density at radius 2 is 2.25 bits per heavy atom. The SMILES string of the molecule is NOCCc1ccc(Cl)cc1Br. The van der Waals surface area contributed by atoms with Crippen LogP contribution in [0, 0.1) is 0 Å². The highest BCUT2D eigenvalue weighted by Gasteiger charge is 1.99. The van der Waals surface area contributed by atoms with E-state index in [1.165, 1.54) is 0 Å². The molecule has 0 aliphatic rings. The molecular weight excluding hydrogens is 241 g/mol. The summed E-state index contributed by atoms with van der Waals surface area (Å²) in [5.74, 6) is 4.91. The lowest BCUT2D eigenvalue weighted by atomic mass is 10.2. The first-order valence-corrected chi connectivity index (χ1v) is 4.66. The molecule has 0 atom stereocenters. The molecule has 0 spiro atoms. The van der Waals surface area contributed by atoms with Gasteiger partial charge in [0.25, 0.3) is 0 Å². The van der Waals surface area contributed by atoms with E-state index in [9.17, 15) is 0 Å². The van der Waals surface area contributed by atoms with Crippen LogP contribution in [0.4, 0.5) is 0 Å². The number of benzene rings is 1. The van der Waals surface area contributed by atoms with Crippen LogP contribution < -0.4 is 5.90 Å². The highest BCUT2D eigenvalue weighted by Crippen LogP contribution is 2.21. The molecule has 0 aromatic heterocycles. The van der Waals surface area contributed by atoms with Gasteiger partial charge in [-0.2, -0.15) is 0 Å². The average Bonchev–Trinajstić information content (AvgIpc) is 2.03. The molecule has 0 bridgehead atoms. The van der Waals surface area contributed by atoms with E-state index in [1.807, 2.05) is 18.2 Å². The molecule has 0 saturated heterocycles. The van der Waals surface area contributed by atoms with Gasteiger partial charge in [0.15, 0.2) is 0 Å². The molecule has 0 fully saturated rings. The third kappa shape index (κ3) is 2.75. The minimum Gasteiger partial charge on any atom is -0.304 e. The summed E-state index contributed by atoms with van der Waals surface area (Å²) in [4.78, 5) is 4.48. The van der Waals surface area contributed by atoms with Crippen LogP contribution in [0.25, 0.3) is 0 Å². The van der Waals surface area contributed by atoms with Gasteiger partial charge in [0.2, 0.25) is 0 Å². The van der Waals surface area contributed by atoms with Crippen LogP contribution in [0.5, 0.6) is 0 Å². The maximum Gasteiger partial charge on any atom is 0.0719 e. The monoisotopic (exact) mass is 249 g/mol. The van der Waals surface area contributed by atoms with Crippen LogP contribution in [0.1, 0.15) is 5.56 Å². The predicted octanol–water partition coefficient (Wildman–Crippen LogP) is 2.54. The molecule has 0 saturated carbocycles. The van der Waals surface area contributed by atoms with Crippen LogP contribution >= 0.6 is 27.5 Å². The van der Waals surface area contributed by atoms with Crippen LogP contribution in [-0.2, 0) is 11.3 Å². The minimum atomic E-state index is 0.514. The molecule has 2 nitrogen and oxygen atoms in total. The standard InChI is InChI=1S/C8H9BrClNO/c9-8-5-7(10)2-1-6(8)3-4-12-11/h1-2,5H,3-4,11H2. The van der Waals surface area contributed by atoms with E-state index in [0.717, 1.165) is 21.5 Å². The lowest BCUT2D eigenvalue weighted by Gasteiger charge is -2.02. The van der Waals surface area contributed by atoms with E-state index >= 15 is 0 Å². The second-order valence-corrected chi connectivity index (χ2v) is 3.65. The summed E-state index contributed by atoms with van der Waals surface area (Å²) in [6.07, 6.45) is 0.786. The third-order valence-corrected chi connectivity index (χ3v) is 2.48. The number of hydrogen-bond donors (Lipinski definition) is 1. The summed E-state index contributed by atoms with van der Waals surface area (Å²) in [5.41, 5.74) is 1.14. The maximum absolute atomic E-state index is 5.77. The highest BCUT2D eigenvalue weighted by atomic mass is 79.9. The lowest BCUT2D eigenvalue weighted by molar-refractivity contribution is 0.141. The Kier molecular flexibility index (Phi) is 4.01. The first-order valence-electron chi connectivity index (χ1n) is 3.49. The summed E-state index contributed by atoms with van der Waals surface area (Å²) in [7, 11) is 0. The Bertz CT molecular complexity index is 267. The fraction of sp³-hybridized carbons (Fsp3) is 0.250. The molecule has 0 aliphatic heterocycles. The first-order chi connectivity index (χ1) is 5.74. The van der Waals surface area contributed by atoms with Gasteiger partial charge in [0.05, 0.1) is 6.61 Å². The van der Waals surface area contributed by atoms with Gasteiger partial charge in [-0.05, 0) is 24.1 Å². The zero-order chi connectivity index (χ0) is 8.97. The number of nitrogens with two attached hydrogens (primary N) is 1. The molecule has 0 unspecified atom stereocenters. The quantitative estimate of drug-likeness (QED) is 0.837. The molecule has 0 radical (unpaired) electrons. The van der Waals surface area contributed by atoms with Crippen molar-refractivity contribution in [2.45, 2.75) is 6.42 Å². The summed E-state index contributed by atoms with van der Waals surface area (Å²) in [6, 6.07) is 5.65. The minimum absolute atomic E-state index is 0.514. The smallest absolute Gasteiger partial charge is 0.0719 e. The molecule has 4 heteroatoms. The van der Waals surface area contributed by atoms with Gasteiger partial charge < -0.3 is 4.84 Å². The van der Waals surface area contributed by atoms with Gasteiger partial charge >= 0.3 is 0 Å². The number of halogens is 2. The first kappa shape index (κ1) is 9.99. The molecule has 2 N–H and O–H groups in total. The van der Waals surface area contributed by atoms with Crippen LogP contribution in [0.15, 0.2) is 22.7 Å². The van der Waals surface area contributed by atoms with E-state index in [4.69, 9.17) is 17.5 Å². The van der Waals surface area contributed by atoms with Crippen LogP contribution in [-0.4, -0.2) is 6.61 Å². The van der Waals surface area contributed by atoms with Crippen molar-refractivity contribution in [1.29, 1.82) is 0 Å². The molecule has 1 aromatic carbocycles. The number of rotatable bonds is 3. The molecule has 66 valence electrons. The zero-order valence-corrected chi connectivity index (χ0v) is 8.73. The topological polar surface area (TPSA) is 35.2 Å². The summed E-state index contributed by atoms with van der Waals surface area (Å²) >= 11 is 9.16. The Balaban J connectivity index is 2.72.